The average Bonchev–Trinajstić information content (AvgIpc) is 3.03. The van der Waals surface area contributed by atoms with E-state index in [-0.39, 0.29) is 0 Å². The van der Waals surface area contributed by atoms with E-state index < -0.39 is 0 Å². The van der Waals surface area contributed by atoms with Crippen LogP contribution in [0.5, 0.6) is 0 Å². The molecule has 2 heteroatoms. The molecule has 0 amide bonds. The van der Waals surface area contributed by atoms with E-state index in [0.717, 1.165) is 36.0 Å². The van der Waals surface area contributed by atoms with Crippen LogP contribution in [0.3, 0.4) is 0 Å². The Balaban J connectivity index is 0.000000156. The monoisotopic (exact) mass is 376 g/mol. The molecule has 0 aromatic carbocycles. The second-order valence-corrected chi connectivity index (χ2v) is 11.5. The fourth-order valence-corrected chi connectivity index (χ4v) is 6.99. The van der Waals surface area contributed by atoms with Crippen LogP contribution in [0.2, 0.25) is 0 Å². The summed E-state index contributed by atoms with van der Waals surface area (Å²) < 4.78 is 0. The molecule has 0 N–H and O–H groups in total. The van der Waals surface area contributed by atoms with Crippen LogP contribution in [0.4, 0.5) is 0 Å². The SMILES string of the molecule is CC(C)[C@@H]1CCC2(CC2)N1C(C)C.CC(C)[C@@H]1CCC2(CCC2)N1C(C)C. The molecule has 2 aliphatic heterocycles. The van der Waals surface area contributed by atoms with E-state index in [1.54, 1.807) is 0 Å². The second kappa shape index (κ2) is 7.98. The van der Waals surface area contributed by atoms with E-state index in [1.807, 2.05) is 0 Å². The average molecular weight is 377 g/mol. The van der Waals surface area contributed by atoms with E-state index in [4.69, 9.17) is 0 Å². The molecular weight excluding hydrogens is 328 g/mol. The van der Waals surface area contributed by atoms with E-state index in [1.165, 1.54) is 57.8 Å². The van der Waals surface area contributed by atoms with Crippen LogP contribution < -0.4 is 0 Å². The Kier molecular flexibility index (Phi) is 6.39. The van der Waals surface area contributed by atoms with Gasteiger partial charge >= 0.3 is 0 Å². The van der Waals surface area contributed by atoms with Crippen molar-refractivity contribution in [3.63, 3.8) is 0 Å². The van der Waals surface area contributed by atoms with Gasteiger partial charge < -0.3 is 0 Å². The van der Waals surface area contributed by atoms with Crippen molar-refractivity contribution >= 4 is 0 Å². The fraction of sp³-hybridized carbons (Fsp3) is 1.00. The molecule has 2 aliphatic carbocycles. The molecule has 2 saturated heterocycles. The molecule has 158 valence electrons. The van der Waals surface area contributed by atoms with Gasteiger partial charge in [0.25, 0.3) is 0 Å². The van der Waals surface area contributed by atoms with Gasteiger partial charge in [-0.2, -0.15) is 0 Å². The molecule has 4 aliphatic rings. The van der Waals surface area contributed by atoms with Gasteiger partial charge in [-0.05, 0) is 97.3 Å². The normalized spacial score (nSPS) is 32.0. The number of hydrogen-bond donors (Lipinski definition) is 0. The van der Waals surface area contributed by atoms with Crippen LogP contribution in [0.15, 0.2) is 0 Å². The quantitative estimate of drug-likeness (QED) is 0.553. The lowest BCUT2D eigenvalue weighted by Crippen LogP contribution is -2.55. The molecule has 2 saturated carbocycles. The van der Waals surface area contributed by atoms with Crippen LogP contribution in [-0.2, 0) is 0 Å². The van der Waals surface area contributed by atoms with Gasteiger partial charge in [-0.15, -0.1) is 0 Å². The van der Waals surface area contributed by atoms with Crippen LogP contribution in [0.25, 0.3) is 0 Å². The molecule has 0 radical (unpaired) electrons. The van der Waals surface area contributed by atoms with Crippen LogP contribution in [0, 0.1) is 11.8 Å². The predicted octanol–water partition coefficient (Wildman–Crippen LogP) is 6.49. The Bertz CT molecular complexity index is 485. The van der Waals surface area contributed by atoms with Crippen LogP contribution in [-0.4, -0.2) is 45.0 Å². The maximum absolute atomic E-state index is 2.85. The summed E-state index contributed by atoms with van der Waals surface area (Å²) in [6, 6.07) is 3.21. The minimum Gasteiger partial charge on any atom is -0.292 e. The van der Waals surface area contributed by atoms with Crippen molar-refractivity contribution < 1.29 is 0 Å². The minimum absolute atomic E-state index is 0.642. The molecule has 4 fully saturated rings. The summed E-state index contributed by atoms with van der Waals surface area (Å²) in [7, 11) is 0. The van der Waals surface area contributed by atoms with Gasteiger partial charge in [0.2, 0.25) is 0 Å². The van der Waals surface area contributed by atoms with Crippen molar-refractivity contribution in [2.45, 2.75) is 148 Å². The molecule has 2 atom stereocenters. The molecular formula is C25H48N2. The highest BCUT2D eigenvalue weighted by Gasteiger charge is 2.55. The Labute approximate surface area is 170 Å². The van der Waals surface area contributed by atoms with Gasteiger partial charge in [-0.3, -0.25) is 9.80 Å². The Hall–Kier alpha value is -0.0800. The third-order valence-corrected chi connectivity index (χ3v) is 8.38. The van der Waals surface area contributed by atoms with Gasteiger partial charge in [0.05, 0.1) is 0 Å². The van der Waals surface area contributed by atoms with Crippen LogP contribution in [0.1, 0.15) is 113 Å². The maximum atomic E-state index is 2.85. The zero-order valence-electron chi connectivity index (χ0n) is 19.7. The van der Waals surface area contributed by atoms with E-state index in [2.05, 4.69) is 65.2 Å². The Morgan fingerprint density at radius 3 is 1.15 bits per heavy atom. The van der Waals surface area contributed by atoms with Crippen molar-refractivity contribution in [3.05, 3.63) is 0 Å². The van der Waals surface area contributed by atoms with E-state index >= 15 is 0 Å². The molecule has 0 aromatic heterocycles. The van der Waals surface area contributed by atoms with Crippen molar-refractivity contribution in [2.24, 2.45) is 11.8 Å². The summed E-state index contributed by atoms with van der Waals surface area (Å²) >= 11 is 0. The third-order valence-electron chi connectivity index (χ3n) is 8.38. The summed E-state index contributed by atoms with van der Waals surface area (Å²) in [5.41, 5.74) is 1.31. The predicted molar refractivity (Wildman–Crippen MR) is 118 cm³/mol. The smallest absolute Gasteiger partial charge is 0.0217 e. The zero-order chi connectivity index (χ0) is 20.0. The molecule has 2 spiro atoms. The lowest BCUT2D eigenvalue weighted by atomic mass is 9.74. The summed E-state index contributed by atoms with van der Waals surface area (Å²) in [4.78, 5) is 5.67. The number of rotatable bonds is 4. The Morgan fingerprint density at radius 1 is 0.556 bits per heavy atom. The molecule has 0 bridgehead atoms. The summed E-state index contributed by atoms with van der Waals surface area (Å²) in [5, 5.41) is 0. The topological polar surface area (TPSA) is 6.48 Å². The van der Waals surface area contributed by atoms with Crippen LogP contribution >= 0.6 is 0 Å². The molecule has 4 rings (SSSR count). The van der Waals surface area contributed by atoms with Crippen molar-refractivity contribution in [1.29, 1.82) is 0 Å². The second-order valence-electron chi connectivity index (χ2n) is 11.5. The van der Waals surface area contributed by atoms with Gasteiger partial charge in [-0.1, -0.05) is 27.7 Å². The maximum Gasteiger partial charge on any atom is 0.0217 e. The largest absolute Gasteiger partial charge is 0.292 e. The van der Waals surface area contributed by atoms with Crippen molar-refractivity contribution in [1.82, 2.24) is 9.80 Å². The Morgan fingerprint density at radius 2 is 0.926 bits per heavy atom. The minimum atomic E-state index is 0.642. The van der Waals surface area contributed by atoms with Gasteiger partial charge in [0.15, 0.2) is 0 Å². The molecule has 0 unspecified atom stereocenters. The standard InChI is InChI=1S/C13H25N.C12H23N/c1-10(2)12-6-9-13(7-5-8-13)14(12)11(3)4;1-9(2)11-5-6-12(7-8-12)13(11)10(3)4/h10-12H,5-9H2,1-4H3;9-11H,5-8H2,1-4H3/t12-;11-/m00/s1. The lowest BCUT2D eigenvalue weighted by molar-refractivity contribution is -0.00648. The highest BCUT2D eigenvalue weighted by atomic mass is 15.3. The summed E-state index contributed by atoms with van der Waals surface area (Å²) in [6.45, 7) is 19.0. The number of likely N-dealkylation sites (tertiary alicyclic amines) is 2. The fourth-order valence-electron chi connectivity index (χ4n) is 6.99. The zero-order valence-corrected chi connectivity index (χ0v) is 19.7. The van der Waals surface area contributed by atoms with Crippen molar-refractivity contribution in [2.75, 3.05) is 0 Å². The molecule has 27 heavy (non-hydrogen) atoms. The van der Waals surface area contributed by atoms with Gasteiger partial charge in [0, 0.05) is 35.2 Å². The van der Waals surface area contributed by atoms with E-state index in [0.29, 0.717) is 11.1 Å². The van der Waals surface area contributed by atoms with Gasteiger partial charge in [-0.25, -0.2) is 0 Å². The molecule has 2 heterocycles. The lowest BCUT2D eigenvalue weighted by Gasteiger charge is -2.50. The first-order chi connectivity index (χ1) is 12.6. The number of hydrogen-bond acceptors (Lipinski definition) is 2. The highest BCUT2D eigenvalue weighted by molar-refractivity contribution is 5.11. The first-order valence-corrected chi connectivity index (χ1v) is 12.2. The van der Waals surface area contributed by atoms with Crippen molar-refractivity contribution in [3.8, 4) is 0 Å². The first-order valence-electron chi connectivity index (χ1n) is 12.2. The summed E-state index contributed by atoms with van der Waals surface area (Å²) in [6.07, 6.45) is 13.1. The summed E-state index contributed by atoms with van der Waals surface area (Å²) in [5.74, 6) is 1.67. The third kappa shape index (κ3) is 4.00. The molecule has 2 nitrogen and oxygen atoms in total. The molecule has 0 aromatic rings. The highest BCUT2D eigenvalue weighted by Crippen LogP contribution is 2.54. The first kappa shape index (κ1) is 21.6. The number of nitrogens with zero attached hydrogens (tertiary/aromatic N) is 2. The van der Waals surface area contributed by atoms with E-state index in [9.17, 15) is 0 Å². The van der Waals surface area contributed by atoms with Gasteiger partial charge in [0.1, 0.15) is 0 Å².